The summed E-state index contributed by atoms with van der Waals surface area (Å²) in [6.45, 7) is 3.02. The molecule has 21 heavy (non-hydrogen) atoms. The van der Waals surface area contributed by atoms with Crippen LogP contribution in [0.25, 0.3) is 0 Å². The molecule has 2 unspecified atom stereocenters. The molecule has 2 aromatic rings. The molecule has 6 heteroatoms. The molecule has 0 bridgehead atoms. The first-order valence-electron chi connectivity index (χ1n) is 6.90. The molecule has 0 saturated carbocycles. The molecule has 1 amide bonds. The van der Waals surface area contributed by atoms with Gasteiger partial charge in [-0.05, 0) is 19.1 Å². The quantitative estimate of drug-likeness (QED) is 0.918. The van der Waals surface area contributed by atoms with Gasteiger partial charge in [0, 0.05) is 25.5 Å². The van der Waals surface area contributed by atoms with Crippen LogP contribution in [0.5, 0.6) is 11.5 Å². The molecule has 1 N–H and O–H groups in total. The van der Waals surface area contributed by atoms with Crippen molar-refractivity contribution in [2.75, 3.05) is 6.54 Å². The Morgan fingerprint density at radius 3 is 2.81 bits per heavy atom. The summed E-state index contributed by atoms with van der Waals surface area (Å²) in [5.41, 5.74) is 0. The number of carbonyl (C=O) groups excluding carboxylic acids is 1. The van der Waals surface area contributed by atoms with Gasteiger partial charge in [0.05, 0.1) is 6.33 Å². The molecule has 2 heterocycles. The van der Waals surface area contributed by atoms with Gasteiger partial charge in [-0.25, -0.2) is 4.98 Å². The molecule has 0 fully saturated rings. The van der Waals surface area contributed by atoms with Crippen LogP contribution < -0.4 is 14.8 Å². The van der Waals surface area contributed by atoms with E-state index in [9.17, 15) is 4.79 Å². The lowest BCUT2D eigenvalue weighted by Crippen LogP contribution is -2.49. The van der Waals surface area contributed by atoms with Crippen molar-refractivity contribution in [2.24, 2.45) is 0 Å². The van der Waals surface area contributed by atoms with Crippen molar-refractivity contribution in [2.45, 2.75) is 25.7 Å². The number of benzene rings is 1. The van der Waals surface area contributed by atoms with Crippen LogP contribution in [-0.2, 0) is 11.3 Å². The van der Waals surface area contributed by atoms with Gasteiger partial charge in [-0.15, -0.1) is 0 Å². The largest absolute Gasteiger partial charge is 0.482 e. The molecule has 3 rings (SSSR count). The van der Waals surface area contributed by atoms with Gasteiger partial charge in [-0.3, -0.25) is 4.79 Å². The topological polar surface area (TPSA) is 65.4 Å². The summed E-state index contributed by atoms with van der Waals surface area (Å²) in [6, 6.07) is 7.36. The number of hydrogen-bond acceptors (Lipinski definition) is 4. The lowest BCUT2D eigenvalue weighted by molar-refractivity contribution is -0.133. The Balaban J connectivity index is 1.57. The molecular formula is C15H17N3O3. The third kappa shape index (κ3) is 2.99. The van der Waals surface area contributed by atoms with Gasteiger partial charge in [-0.2, -0.15) is 0 Å². The van der Waals surface area contributed by atoms with E-state index in [4.69, 9.17) is 9.47 Å². The lowest BCUT2D eigenvalue weighted by atomic mass is 10.1. The molecule has 110 valence electrons. The predicted octanol–water partition coefficient (Wildman–Crippen LogP) is 1.23. The minimum Gasteiger partial charge on any atom is -0.482 e. The van der Waals surface area contributed by atoms with E-state index in [0.29, 0.717) is 24.6 Å². The van der Waals surface area contributed by atoms with E-state index in [1.807, 2.05) is 35.9 Å². The van der Waals surface area contributed by atoms with E-state index in [0.717, 1.165) is 0 Å². The summed E-state index contributed by atoms with van der Waals surface area (Å²) in [6.07, 6.45) is 4.31. The first-order chi connectivity index (χ1) is 10.2. The van der Waals surface area contributed by atoms with Crippen molar-refractivity contribution in [3.8, 4) is 11.5 Å². The summed E-state index contributed by atoms with van der Waals surface area (Å²) >= 11 is 0. The van der Waals surface area contributed by atoms with E-state index in [2.05, 4.69) is 10.3 Å². The fourth-order valence-electron chi connectivity index (χ4n) is 2.23. The van der Waals surface area contributed by atoms with Crippen LogP contribution in [0.1, 0.15) is 6.92 Å². The fourth-order valence-corrected chi connectivity index (χ4v) is 2.23. The number of fused-ring (bicyclic) bond motifs is 1. The summed E-state index contributed by atoms with van der Waals surface area (Å²) in [5.74, 6) is 1.11. The van der Waals surface area contributed by atoms with E-state index in [-0.39, 0.29) is 12.0 Å². The van der Waals surface area contributed by atoms with E-state index >= 15 is 0 Å². The van der Waals surface area contributed by atoms with Crippen LogP contribution in [0.2, 0.25) is 0 Å². The van der Waals surface area contributed by atoms with E-state index < -0.39 is 6.10 Å². The molecular weight excluding hydrogens is 270 g/mol. The Hall–Kier alpha value is -2.50. The van der Waals surface area contributed by atoms with Gasteiger partial charge >= 0.3 is 0 Å². The highest BCUT2D eigenvalue weighted by atomic mass is 16.6. The molecule has 0 spiro atoms. The number of hydrogen-bond donors (Lipinski definition) is 1. The van der Waals surface area contributed by atoms with Crippen LogP contribution in [0, 0.1) is 0 Å². The maximum atomic E-state index is 12.2. The zero-order valence-electron chi connectivity index (χ0n) is 11.7. The second kappa shape index (κ2) is 5.87. The third-order valence-electron chi connectivity index (χ3n) is 3.33. The standard InChI is InChI=1S/C15H17N3O3/c1-11-14(21-13-5-3-2-4-12(13)20-11)15(19)17-7-9-18-8-6-16-10-18/h2-6,8,10-11,14H,7,9H2,1H3,(H,17,19). The Morgan fingerprint density at radius 1 is 1.33 bits per heavy atom. The van der Waals surface area contributed by atoms with Gasteiger partial charge in [-0.1, -0.05) is 12.1 Å². The first kappa shape index (κ1) is 13.5. The Bertz CT molecular complexity index is 612. The molecule has 1 aromatic heterocycles. The molecule has 0 radical (unpaired) electrons. The monoisotopic (exact) mass is 287 g/mol. The number of ether oxygens (including phenoxy) is 2. The van der Waals surface area contributed by atoms with Crippen LogP contribution in [0.3, 0.4) is 0 Å². The number of nitrogens with zero attached hydrogens (tertiary/aromatic N) is 2. The summed E-state index contributed by atoms with van der Waals surface area (Å²) in [7, 11) is 0. The van der Waals surface area contributed by atoms with Gasteiger partial charge in [0.1, 0.15) is 6.10 Å². The number of amides is 1. The normalized spacial score (nSPS) is 20.0. The second-order valence-electron chi connectivity index (χ2n) is 4.90. The van der Waals surface area contributed by atoms with Gasteiger partial charge < -0.3 is 19.4 Å². The highest BCUT2D eigenvalue weighted by molar-refractivity contribution is 5.82. The average Bonchev–Trinajstić information content (AvgIpc) is 2.99. The summed E-state index contributed by atoms with van der Waals surface area (Å²) in [5, 5.41) is 2.86. The molecule has 1 aromatic carbocycles. The zero-order valence-corrected chi connectivity index (χ0v) is 11.7. The van der Waals surface area contributed by atoms with Crippen molar-refractivity contribution in [1.82, 2.24) is 14.9 Å². The lowest BCUT2D eigenvalue weighted by Gasteiger charge is -2.31. The SMILES string of the molecule is CC1Oc2ccccc2OC1C(=O)NCCn1ccnc1. The van der Waals surface area contributed by atoms with Crippen molar-refractivity contribution in [1.29, 1.82) is 0 Å². The van der Waals surface area contributed by atoms with Crippen molar-refractivity contribution in [3.05, 3.63) is 43.0 Å². The number of carbonyl (C=O) groups is 1. The molecule has 1 aliphatic heterocycles. The van der Waals surface area contributed by atoms with E-state index in [1.165, 1.54) is 0 Å². The molecule has 0 saturated heterocycles. The third-order valence-corrected chi connectivity index (χ3v) is 3.33. The minimum atomic E-state index is -0.636. The molecule has 1 aliphatic rings. The van der Waals surface area contributed by atoms with E-state index in [1.54, 1.807) is 18.6 Å². The Morgan fingerprint density at radius 2 is 2.10 bits per heavy atom. The second-order valence-corrected chi connectivity index (χ2v) is 4.90. The predicted molar refractivity (Wildman–Crippen MR) is 76.2 cm³/mol. The number of rotatable bonds is 4. The van der Waals surface area contributed by atoms with Crippen LogP contribution in [0.15, 0.2) is 43.0 Å². The first-order valence-corrected chi connectivity index (χ1v) is 6.90. The summed E-state index contributed by atoms with van der Waals surface area (Å²) in [4.78, 5) is 16.2. The van der Waals surface area contributed by atoms with Crippen molar-refractivity contribution < 1.29 is 14.3 Å². The zero-order chi connectivity index (χ0) is 14.7. The Kier molecular flexibility index (Phi) is 3.77. The summed E-state index contributed by atoms with van der Waals surface area (Å²) < 4.78 is 13.4. The maximum Gasteiger partial charge on any atom is 0.265 e. The number of imidazole rings is 1. The van der Waals surface area contributed by atoms with Gasteiger partial charge in [0.2, 0.25) is 6.10 Å². The average molecular weight is 287 g/mol. The van der Waals surface area contributed by atoms with Gasteiger partial charge in [0.25, 0.3) is 5.91 Å². The van der Waals surface area contributed by atoms with Gasteiger partial charge in [0.15, 0.2) is 11.5 Å². The minimum absolute atomic E-state index is 0.169. The maximum absolute atomic E-state index is 12.2. The van der Waals surface area contributed by atoms with Crippen molar-refractivity contribution in [3.63, 3.8) is 0 Å². The Labute approximate surface area is 122 Å². The number of nitrogens with one attached hydrogen (secondary N) is 1. The van der Waals surface area contributed by atoms with Crippen LogP contribution in [0.4, 0.5) is 0 Å². The smallest absolute Gasteiger partial charge is 0.265 e. The van der Waals surface area contributed by atoms with Crippen LogP contribution >= 0.6 is 0 Å². The van der Waals surface area contributed by atoms with Crippen LogP contribution in [-0.4, -0.2) is 34.2 Å². The number of aromatic nitrogens is 2. The number of para-hydroxylation sites is 2. The fraction of sp³-hybridized carbons (Fsp3) is 0.333. The van der Waals surface area contributed by atoms with Crippen molar-refractivity contribution >= 4 is 5.91 Å². The molecule has 6 nitrogen and oxygen atoms in total. The highest BCUT2D eigenvalue weighted by Gasteiger charge is 2.33. The molecule has 0 aliphatic carbocycles. The molecule has 2 atom stereocenters. The highest BCUT2D eigenvalue weighted by Crippen LogP contribution is 2.33.